The van der Waals surface area contributed by atoms with Crippen LogP contribution in [0.4, 0.5) is 0 Å². The molecule has 5 nitrogen and oxygen atoms in total. The van der Waals surface area contributed by atoms with Gasteiger partial charge in [0, 0.05) is 5.82 Å². The molecule has 31 heavy (non-hydrogen) atoms. The van der Waals surface area contributed by atoms with Crippen molar-refractivity contribution in [3.05, 3.63) is 23.3 Å². The number of hydrogen-bond donors (Lipinski definition) is 1. The van der Waals surface area contributed by atoms with E-state index in [0.29, 0.717) is 6.32 Å². The fraction of sp³-hybridized carbons (Fsp3) is 0.833. The first-order valence-electron chi connectivity index (χ1n) is 11.7. The van der Waals surface area contributed by atoms with Crippen LogP contribution < -0.4 is 0 Å². The number of rotatable bonds is 8. The van der Waals surface area contributed by atoms with Crippen molar-refractivity contribution in [2.75, 3.05) is 0 Å². The van der Waals surface area contributed by atoms with E-state index in [1.807, 2.05) is 61.5 Å². The van der Waals surface area contributed by atoms with Gasteiger partial charge in [0.15, 0.2) is 0 Å². The lowest BCUT2D eigenvalue weighted by Gasteiger charge is -2.32. The van der Waals surface area contributed by atoms with Crippen LogP contribution in [-0.4, -0.2) is 47.9 Å². The van der Waals surface area contributed by atoms with E-state index in [4.69, 9.17) is 18.6 Å². The first kappa shape index (κ1) is 26.7. The third-order valence-corrected chi connectivity index (χ3v) is 7.37. The minimum Gasteiger partial charge on any atom is -0.403 e. The van der Waals surface area contributed by atoms with Gasteiger partial charge in [0.1, 0.15) is 0 Å². The molecule has 2 heterocycles. The molecule has 2 aliphatic rings. The topological polar surface area (TPSA) is 57.2 Å². The Morgan fingerprint density at radius 2 is 1.26 bits per heavy atom. The van der Waals surface area contributed by atoms with Crippen molar-refractivity contribution in [3.63, 3.8) is 0 Å². The highest BCUT2D eigenvalue weighted by Crippen LogP contribution is 2.45. The molecule has 2 saturated heterocycles. The smallest absolute Gasteiger partial charge is 0.403 e. The van der Waals surface area contributed by atoms with Crippen molar-refractivity contribution in [2.24, 2.45) is 0 Å². The Bertz CT molecular complexity index is 660. The Kier molecular flexibility index (Phi) is 8.03. The molecule has 2 rings (SSSR count). The normalized spacial score (nSPS) is 26.1. The SMILES string of the molecule is CC(C)=CCC/C(C)=C/[C@@H](O)[C@H](CB1OC(C)(C)C(C)(C)O1)B1OC(C)(C)C(C)(C)O1. The molecule has 7 heteroatoms. The number of allylic oxidation sites excluding steroid dienone is 3. The predicted octanol–water partition coefficient (Wildman–Crippen LogP) is 5.59. The maximum Gasteiger partial charge on any atom is 0.463 e. The minimum atomic E-state index is -0.722. The van der Waals surface area contributed by atoms with Gasteiger partial charge in [-0.2, -0.15) is 0 Å². The van der Waals surface area contributed by atoms with Gasteiger partial charge in [-0.3, -0.25) is 0 Å². The molecular formula is C24H44B2O5. The highest BCUT2D eigenvalue weighted by molar-refractivity contribution is 6.53. The van der Waals surface area contributed by atoms with E-state index in [9.17, 15) is 5.11 Å². The second-order valence-electron chi connectivity index (χ2n) is 11.5. The van der Waals surface area contributed by atoms with E-state index in [2.05, 4.69) is 26.8 Å². The van der Waals surface area contributed by atoms with Gasteiger partial charge in [0.05, 0.1) is 28.5 Å². The van der Waals surface area contributed by atoms with Gasteiger partial charge in [-0.05, 0) is 95.3 Å². The molecule has 1 N–H and O–H groups in total. The zero-order valence-corrected chi connectivity index (χ0v) is 21.7. The zero-order chi connectivity index (χ0) is 23.8. The Hall–Kier alpha value is -0.590. The van der Waals surface area contributed by atoms with Gasteiger partial charge in [0.25, 0.3) is 0 Å². The molecule has 2 aliphatic heterocycles. The summed E-state index contributed by atoms with van der Waals surface area (Å²) in [5.41, 5.74) is 0.699. The molecule has 2 fully saturated rings. The van der Waals surface area contributed by atoms with Crippen molar-refractivity contribution in [3.8, 4) is 0 Å². The average Bonchev–Trinajstić information content (AvgIpc) is 2.90. The second-order valence-corrected chi connectivity index (χ2v) is 11.5. The van der Waals surface area contributed by atoms with E-state index in [1.165, 1.54) is 5.57 Å². The monoisotopic (exact) mass is 434 g/mol. The molecule has 0 spiro atoms. The van der Waals surface area contributed by atoms with Crippen LogP contribution in [0.15, 0.2) is 23.3 Å². The largest absolute Gasteiger partial charge is 0.463 e. The van der Waals surface area contributed by atoms with Gasteiger partial charge in [-0.1, -0.05) is 23.3 Å². The molecule has 0 aliphatic carbocycles. The van der Waals surface area contributed by atoms with Crippen LogP contribution in [0, 0.1) is 0 Å². The van der Waals surface area contributed by atoms with Crippen LogP contribution in [0.5, 0.6) is 0 Å². The minimum absolute atomic E-state index is 0.311. The first-order valence-corrected chi connectivity index (χ1v) is 11.7. The lowest BCUT2D eigenvalue weighted by Crippen LogP contribution is -2.41. The van der Waals surface area contributed by atoms with E-state index in [1.54, 1.807) is 0 Å². The fourth-order valence-corrected chi connectivity index (χ4v) is 3.85. The van der Waals surface area contributed by atoms with E-state index < -0.39 is 42.7 Å². The Morgan fingerprint density at radius 1 is 0.806 bits per heavy atom. The van der Waals surface area contributed by atoms with Gasteiger partial charge < -0.3 is 23.7 Å². The standard InChI is InChI=1S/C24H44B2O5/c1-17(2)13-12-14-18(3)15-20(27)19(26-30-23(8,9)24(10,11)31-26)16-25-28-21(4,5)22(6,7)29-25/h13,15,19-20,27H,12,14,16H2,1-11H3/b18-15+/t19-,20+/m0/s1. The Balaban J connectivity index is 2.21. The lowest BCUT2D eigenvalue weighted by atomic mass is 9.58. The molecular weight excluding hydrogens is 390 g/mol. The van der Waals surface area contributed by atoms with Gasteiger partial charge in [-0.15, -0.1) is 0 Å². The van der Waals surface area contributed by atoms with Crippen molar-refractivity contribution in [1.82, 2.24) is 0 Å². The van der Waals surface area contributed by atoms with Crippen LogP contribution in [0.25, 0.3) is 0 Å². The van der Waals surface area contributed by atoms with Crippen molar-refractivity contribution in [2.45, 2.75) is 130 Å². The van der Waals surface area contributed by atoms with Crippen LogP contribution in [0.1, 0.15) is 89.0 Å². The number of hydrogen-bond acceptors (Lipinski definition) is 5. The van der Waals surface area contributed by atoms with Crippen LogP contribution >= 0.6 is 0 Å². The molecule has 0 amide bonds. The summed E-state index contributed by atoms with van der Waals surface area (Å²) in [6.45, 7) is 22.6. The highest BCUT2D eigenvalue weighted by Gasteiger charge is 2.58. The molecule has 0 aromatic rings. The van der Waals surface area contributed by atoms with E-state index >= 15 is 0 Å². The molecule has 0 radical (unpaired) electrons. The molecule has 0 unspecified atom stereocenters. The van der Waals surface area contributed by atoms with Crippen LogP contribution in [0.2, 0.25) is 12.1 Å². The van der Waals surface area contributed by atoms with Gasteiger partial charge in [-0.25, -0.2) is 0 Å². The summed E-state index contributed by atoms with van der Waals surface area (Å²) in [5, 5.41) is 11.2. The maximum atomic E-state index is 11.2. The predicted molar refractivity (Wildman–Crippen MR) is 129 cm³/mol. The number of aliphatic hydroxyl groups excluding tert-OH is 1. The molecule has 2 atom stereocenters. The van der Waals surface area contributed by atoms with Crippen LogP contribution in [0.3, 0.4) is 0 Å². The summed E-state index contributed by atoms with van der Waals surface area (Å²) >= 11 is 0. The third kappa shape index (κ3) is 6.26. The lowest BCUT2D eigenvalue weighted by molar-refractivity contribution is 0.00578. The fourth-order valence-electron chi connectivity index (χ4n) is 3.85. The Morgan fingerprint density at radius 3 is 1.71 bits per heavy atom. The second kappa shape index (κ2) is 9.34. The third-order valence-electron chi connectivity index (χ3n) is 7.37. The summed E-state index contributed by atoms with van der Waals surface area (Å²) in [7, 11) is -0.969. The summed E-state index contributed by atoms with van der Waals surface area (Å²) in [5.74, 6) is -0.311. The summed E-state index contributed by atoms with van der Waals surface area (Å²) in [6.07, 6.45) is 5.81. The summed E-state index contributed by atoms with van der Waals surface area (Å²) in [4.78, 5) is 0. The average molecular weight is 434 g/mol. The molecule has 0 aromatic carbocycles. The maximum absolute atomic E-state index is 11.2. The Labute approximate surface area is 191 Å². The van der Waals surface area contributed by atoms with E-state index in [0.717, 1.165) is 18.4 Å². The molecule has 0 saturated carbocycles. The van der Waals surface area contributed by atoms with Crippen molar-refractivity contribution in [1.29, 1.82) is 0 Å². The summed E-state index contributed by atoms with van der Waals surface area (Å²) < 4.78 is 25.1. The van der Waals surface area contributed by atoms with Gasteiger partial charge in [0.2, 0.25) is 0 Å². The van der Waals surface area contributed by atoms with Crippen molar-refractivity contribution >= 4 is 14.2 Å². The van der Waals surface area contributed by atoms with Crippen molar-refractivity contribution < 1.29 is 23.7 Å². The van der Waals surface area contributed by atoms with Crippen LogP contribution in [-0.2, 0) is 18.6 Å². The zero-order valence-electron chi connectivity index (χ0n) is 21.7. The first-order chi connectivity index (χ1) is 14.0. The highest BCUT2D eigenvalue weighted by atomic mass is 16.7. The molecule has 0 aromatic heterocycles. The van der Waals surface area contributed by atoms with Gasteiger partial charge >= 0.3 is 14.2 Å². The molecule has 176 valence electrons. The molecule has 0 bridgehead atoms. The van der Waals surface area contributed by atoms with E-state index in [-0.39, 0.29) is 5.82 Å². The quantitative estimate of drug-likeness (QED) is 0.399. The summed E-state index contributed by atoms with van der Waals surface area (Å²) in [6, 6.07) is 0. The number of aliphatic hydroxyl groups is 1.